The maximum absolute atomic E-state index is 12.1. The van der Waals surface area contributed by atoms with Gasteiger partial charge in [-0.25, -0.2) is 4.79 Å². The van der Waals surface area contributed by atoms with Crippen LogP contribution in [0.25, 0.3) is 11.1 Å². The Morgan fingerprint density at radius 3 is 2.14 bits per heavy atom. The molecule has 0 fully saturated rings. The number of hydrogen-bond donors (Lipinski definition) is 2. The molecular formula is C18H19NO3. The van der Waals surface area contributed by atoms with Gasteiger partial charge in [0.2, 0.25) is 0 Å². The lowest BCUT2D eigenvalue weighted by Gasteiger charge is -2.13. The van der Waals surface area contributed by atoms with Crippen LogP contribution in [0.15, 0.2) is 54.6 Å². The quantitative estimate of drug-likeness (QED) is 0.859. The minimum atomic E-state index is -1.00. The van der Waals surface area contributed by atoms with Crippen molar-refractivity contribution in [3.8, 4) is 11.1 Å². The molecule has 2 aromatic rings. The van der Waals surface area contributed by atoms with Crippen molar-refractivity contribution in [2.24, 2.45) is 0 Å². The topological polar surface area (TPSA) is 66.4 Å². The number of carbonyl (C=O) groups is 2. The summed E-state index contributed by atoms with van der Waals surface area (Å²) < 4.78 is 0. The van der Waals surface area contributed by atoms with Gasteiger partial charge in [-0.15, -0.1) is 0 Å². The van der Waals surface area contributed by atoms with E-state index in [4.69, 9.17) is 5.11 Å². The van der Waals surface area contributed by atoms with Crippen LogP contribution in [0.1, 0.15) is 30.1 Å². The Morgan fingerprint density at radius 1 is 1.00 bits per heavy atom. The van der Waals surface area contributed by atoms with E-state index in [1.54, 1.807) is 12.1 Å². The fourth-order valence-corrected chi connectivity index (χ4v) is 2.23. The van der Waals surface area contributed by atoms with Crippen molar-refractivity contribution in [1.29, 1.82) is 0 Å². The van der Waals surface area contributed by atoms with Crippen molar-refractivity contribution in [2.75, 3.05) is 0 Å². The lowest BCUT2D eigenvalue weighted by molar-refractivity contribution is -0.139. The smallest absolute Gasteiger partial charge is 0.326 e. The molecule has 2 rings (SSSR count). The summed E-state index contributed by atoms with van der Waals surface area (Å²) in [6.07, 6.45) is 1.12. The lowest BCUT2D eigenvalue weighted by atomic mass is 10.0. The van der Waals surface area contributed by atoms with Crippen molar-refractivity contribution in [2.45, 2.75) is 25.8 Å². The summed E-state index contributed by atoms with van der Waals surface area (Å²) in [6.45, 7) is 1.89. The zero-order valence-electron chi connectivity index (χ0n) is 12.5. The van der Waals surface area contributed by atoms with E-state index in [0.29, 0.717) is 18.4 Å². The number of amides is 1. The first-order valence-electron chi connectivity index (χ1n) is 7.31. The van der Waals surface area contributed by atoms with Gasteiger partial charge in [0.15, 0.2) is 0 Å². The molecule has 0 aliphatic rings. The average molecular weight is 297 g/mol. The van der Waals surface area contributed by atoms with E-state index in [0.717, 1.165) is 11.1 Å². The Hall–Kier alpha value is -2.62. The fourth-order valence-electron chi connectivity index (χ4n) is 2.23. The average Bonchev–Trinajstić information content (AvgIpc) is 2.55. The standard InChI is InChI=1S/C18H19NO3/c1-2-6-16(18(21)22)19-17(20)15-11-9-14(10-12-15)13-7-4-3-5-8-13/h3-5,7-12,16H,2,6H2,1H3,(H,19,20)(H,21,22). The third-order valence-corrected chi connectivity index (χ3v) is 3.43. The van der Waals surface area contributed by atoms with E-state index < -0.39 is 12.0 Å². The van der Waals surface area contributed by atoms with Crippen molar-refractivity contribution in [1.82, 2.24) is 5.32 Å². The summed E-state index contributed by atoms with van der Waals surface area (Å²) in [6, 6.07) is 16.2. The van der Waals surface area contributed by atoms with Crippen LogP contribution in [-0.2, 0) is 4.79 Å². The zero-order chi connectivity index (χ0) is 15.9. The third-order valence-electron chi connectivity index (χ3n) is 3.43. The second-order valence-corrected chi connectivity index (χ2v) is 5.10. The lowest BCUT2D eigenvalue weighted by Crippen LogP contribution is -2.40. The number of hydrogen-bond acceptors (Lipinski definition) is 2. The summed E-state index contributed by atoms with van der Waals surface area (Å²) in [5.41, 5.74) is 2.55. The number of carboxylic acids is 1. The number of benzene rings is 2. The summed E-state index contributed by atoms with van der Waals surface area (Å²) in [4.78, 5) is 23.2. The van der Waals surface area contributed by atoms with Crippen LogP contribution in [0.2, 0.25) is 0 Å². The molecule has 0 radical (unpaired) electrons. The highest BCUT2D eigenvalue weighted by Crippen LogP contribution is 2.19. The molecule has 1 unspecified atom stereocenters. The summed E-state index contributed by atoms with van der Waals surface area (Å²) in [5, 5.41) is 11.6. The van der Waals surface area contributed by atoms with Crippen molar-refractivity contribution >= 4 is 11.9 Å². The van der Waals surface area contributed by atoms with Gasteiger partial charge in [0.05, 0.1) is 0 Å². The van der Waals surface area contributed by atoms with Crippen LogP contribution in [0.4, 0.5) is 0 Å². The third kappa shape index (κ3) is 3.95. The Bertz CT molecular complexity index is 635. The number of carbonyl (C=O) groups excluding carboxylic acids is 1. The first kappa shape index (κ1) is 15.8. The normalized spacial score (nSPS) is 11.7. The first-order chi connectivity index (χ1) is 10.6. The highest BCUT2D eigenvalue weighted by molar-refractivity contribution is 5.97. The number of nitrogens with one attached hydrogen (secondary N) is 1. The van der Waals surface area contributed by atoms with E-state index >= 15 is 0 Å². The molecule has 0 aliphatic carbocycles. The number of rotatable bonds is 6. The SMILES string of the molecule is CCCC(NC(=O)c1ccc(-c2ccccc2)cc1)C(=O)O. The van der Waals surface area contributed by atoms with Gasteiger partial charge < -0.3 is 10.4 Å². The summed E-state index contributed by atoms with van der Waals surface area (Å²) in [5.74, 6) is -1.36. The predicted octanol–water partition coefficient (Wildman–Crippen LogP) is 3.34. The summed E-state index contributed by atoms with van der Waals surface area (Å²) >= 11 is 0. The molecule has 2 aromatic carbocycles. The highest BCUT2D eigenvalue weighted by atomic mass is 16.4. The Morgan fingerprint density at radius 2 is 1.59 bits per heavy atom. The molecule has 0 saturated heterocycles. The van der Waals surface area contributed by atoms with Crippen LogP contribution in [0.3, 0.4) is 0 Å². The highest BCUT2D eigenvalue weighted by Gasteiger charge is 2.19. The van der Waals surface area contributed by atoms with Crippen LogP contribution in [-0.4, -0.2) is 23.0 Å². The number of carboxylic acid groups (broad SMARTS) is 1. The molecule has 0 aromatic heterocycles. The Kier molecular flexibility index (Phi) is 5.31. The molecule has 4 heteroatoms. The van der Waals surface area contributed by atoms with Gasteiger partial charge >= 0.3 is 5.97 Å². The maximum Gasteiger partial charge on any atom is 0.326 e. The minimum absolute atomic E-state index is 0.361. The Balaban J connectivity index is 2.10. The van der Waals surface area contributed by atoms with E-state index in [2.05, 4.69) is 5.32 Å². The predicted molar refractivity (Wildman–Crippen MR) is 85.7 cm³/mol. The molecule has 0 heterocycles. The molecule has 22 heavy (non-hydrogen) atoms. The van der Waals surface area contributed by atoms with Gasteiger partial charge in [0, 0.05) is 5.56 Å². The molecule has 2 N–H and O–H groups in total. The van der Waals surface area contributed by atoms with Gasteiger partial charge in [-0.1, -0.05) is 55.8 Å². The minimum Gasteiger partial charge on any atom is -0.480 e. The van der Waals surface area contributed by atoms with Crippen molar-refractivity contribution in [3.63, 3.8) is 0 Å². The van der Waals surface area contributed by atoms with Gasteiger partial charge in [-0.05, 0) is 29.7 Å². The van der Waals surface area contributed by atoms with E-state index in [1.165, 1.54) is 0 Å². The molecule has 1 amide bonds. The maximum atomic E-state index is 12.1. The monoisotopic (exact) mass is 297 g/mol. The largest absolute Gasteiger partial charge is 0.480 e. The van der Waals surface area contributed by atoms with Crippen LogP contribution in [0.5, 0.6) is 0 Å². The van der Waals surface area contributed by atoms with Crippen LogP contribution < -0.4 is 5.32 Å². The van der Waals surface area contributed by atoms with Crippen molar-refractivity contribution in [3.05, 3.63) is 60.2 Å². The number of aliphatic carboxylic acids is 1. The van der Waals surface area contributed by atoms with Gasteiger partial charge in [0.25, 0.3) is 5.91 Å². The molecule has 1 atom stereocenters. The molecule has 4 nitrogen and oxygen atoms in total. The summed E-state index contributed by atoms with van der Waals surface area (Å²) in [7, 11) is 0. The molecule has 0 bridgehead atoms. The van der Waals surface area contributed by atoms with E-state index in [9.17, 15) is 9.59 Å². The zero-order valence-corrected chi connectivity index (χ0v) is 12.5. The molecule has 0 saturated carbocycles. The second kappa shape index (κ2) is 7.41. The van der Waals surface area contributed by atoms with Crippen LogP contribution >= 0.6 is 0 Å². The van der Waals surface area contributed by atoms with E-state index in [1.807, 2.05) is 49.4 Å². The second-order valence-electron chi connectivity index (χ2n) is 5.10. The van der Waals surface area contributed by atoms with Gasteiger partial charge in [-0.3, -0.25) is 4.79 Å². The Labute approximate surface area is 129 Å². The van der Waals surface area contributed by atoms with Crippen LogP contribution in [0, 0.1) is 0 Å². The molecule has 0 spiro atoms. The van der Waals surface area contributed by atoms with Crippen molar-refractivity contribution < 1.29 is 14.7 Å². The van der Waals surface area contributed by atoms with Gasteiger partial charge in [-0.2, -0.15) is 0 Å². The molecule has 0 aliphatic heterocycles. The first-order valence-corrected chi connectivity index (χ1v) is 7.31. The van der Waals surface area contributed by atoms with Gasteiger partial charge in [0.1, 0.15) is 6.04 Å². The molecular weight excluding hydrogens is 278 g/mol. The molecule has 114 valence electrons. The van der Waals surface area contributed by atoms with E-state index in [-0.39, 0.29) is 5.91 Å². The fraction of sp³-hybridized carbons (Fsp3) is 0.222.